The van der Waals surface area contributed by atoms with E-state index >= 15 is 0 Å². The summed E-state index contributed by atoms with van der Waals surface area (Å²) in [5.74, 6) is 0.377. The van der Waals surface area contributed by atoms with Gasteiger partial charge in [0.25, 0.3) is 0 Å². The van der Waals surface area contributed by atoms with Crippen LogP contribution in [-0.4, -0.2) is 12.6 Å². The Hall–Kier alpha value is -2.29. The van der Waals surface area contributed by atoms with Crippen LogP contribution in [0, 0.1) is 5.92 Å². The second kappa shape index (κ2) is 7.62. The Labute approximate surface area is 170 Å². The highest BCUT2D eigenvalue weighted by molar-refractivity contribution is 6.01. The van der Waals surface area contributed by atoms with Crippen molar-refractivity contribution in [2.45, 2.75) is 65.2 Å². The standard InChI is InChI=1S/C25H34N2O/c1-18(2)17-27(23(28)26-19-10-8-7-9-11-19)20-12-13-21-22(16-20)25(5,6)15-14-24(21,3)4/h7-13,16,18H,14-15,17H2,1-6H3,(H,26,28). The molecule has 0 atom stereocenters. The van der Waals surface area contributed by atoms with Gasteiger partial charge in [-0.3, -0.25) is 4.90 Å². The largest absolute Gasteiger partial charge is 0.326 e. The van der Waals surface area contributed by atoms with Gasteiger partial charge in [-0.25, -0.2) is 4.79 Å². The van der Waals surface area contributed by atoms with Crippen LogP contribution in [0.3, 0.4) is 0 Å². The quantitative estimate of drug-likeness (QED) is 0.628. The third kappa shape index (κ3) is 4.24. The highest BCUT2D eigenvalue weighted by atomic mass is 16.2. The lowest BCUT2D eigenvalue weighted by Crippen LogP contribution is -2.39. The number of benzene rings is 2. The number of hydrogen-bond donors (Lipinski definition) is 1. The number of urea groups is 1. The number of amides is 2. The fourth-order valence-corrected chi connectivity index (χ4v) is 4.13. The molecule has 2 aromatic rings. The second-order valence-corrected chi connectivity index (χ2v) is 9.80. The highest BCUT2D eigenvalue weighted by Gasteiger charge is 2.37. The average molecular weight is 379 g/mol. The lowest BCUT2D eigenvalue weighted by atomic mass is 9.63. The van der Waals surface area contributed by atoms with Crippen LogP contribution >= 0.6 is 0 Å². The van der Waals surface area contributed by atoms with Gasteiger partial charge < -0.3 is 5.32 Å². The van der Waals surface area contributed by atoms with Crippen LogP contribution in [0.15, 0.2) is 48.5 Å². The van der Waals surface area contributed by atoms with E-state index in [0.29, 0.717) is 12.5 Å². The van der Waals surface area contributed by atoms with Gasteiger partial charge in [0.2, 0.25) is 0 Å². The van der Waals surface area contributed by atoms with Crippen LogP contribution < -0.4 is 10.2 Å². The van der Waals surface area contributed by atoms with E-state index in [-0.39, 0.29) is 16.9 Å². The van der Waals surface area contributed by atoms with Crippen LogP contribution in [0.4, 0.5) is 16.2 Å². The van der Waals surface area contributed by atoms with E-state index in [2.05, 4.69) is 65.1 Å². The van der Waals surface area contributed by atoms with Gasteiger partial charge >= 0.3 is 6.03 Å². The number of rotatable bonds is 4. The summed E-state index contributed by atoms with van der Waals surface area (Å²) in [4.78, 5) is 15.0. The molecule has 3 heteroatoms. The maximum atomic E-state index is 13.1. The topological polar surface area (TPSA) is 32.3 Å². The lowest BCUT2D eigenvalue weighted by molar-refractivity contribution is 0.256. The van der Waals surface area contributed by atoms with Gasteiger partial charge in [0.15, 0.2) is 0 Å². The molecule has 150 valence electrons. The molecular formula is C25H34N2O. The predicted octanol–water partition coefficient (Wildman–Crippen LogP) is 6.73. The van der Waals surface area contributed by atoms with Crippen LogP contribution in [-0.2, 0) is 10.8 Å². The number of nitrogens with zero attached hydrogens (tertiary/aromatic N) is 1. The Morgan fingerprint density at radius 1 is 0.964 bits per heavy atom. The van der Waals surface area contributed by atoms with Crippen LogP contribution in [0.2, 0.25) is 0 Å². The van der Waals surface area contributed by atoms with Crippen molar-refractivity contribution >= 4 is 17.4 Å². The summed E-state index contributed by atoms with van der Waals surface area (Å²) in [6.45, 7) is 14.3. The third-order valence-corrected chi connectivity index (χ3v) is 5.97. The molecule has 3 rings (SSSR count). The zero-order valence-electron chi connectivity index (χ0n) is 18.2. The van der Waals surface area contributed by atoms with Crippen molar-refractivity contribution in [3.63, 3.8) is 0 Å². The van der Waals surface area contributed by atoms with Gasteiger partial charge in [0.05, 0.1) is 0 Å². The molecule has 0 aliphatic heterocycles. The van der Waals surface area contributed by atoms with Crippen molar-refractivity contribution in [1.29, 1.82) is 0 Å². The Kier molecular flexibility index (Phi) is 5.56. The molecule has 0 spiro atoms. The summed E-state index contributed by atoms with van der Waals surface area (Å²) in [5, 5.41) is 3.05. The van der Waals surface area contributed by atoms with E-state index in [1.54, 1.807) is 0 Å². The summed E-state index contributed by atoms with van der Waals surface area (Å²) >= 11 is 0. The number of hydrogen-bond acceptors (Lipinski definition) is 1. The maximum absolute atomic E-state index is 13.1. The molecule has 2 amide bonds. The van der Waals surface area contributed by atoms with E-state index in [1.807, 2.05) is 35.2 Å². The predicted molar refractivity (Wildman–Crippen MR) is 119 cm³/mol. The van der Waals surface area contributed by atoms with Gasteiger partial charge in [-0.05, 0) is 65.0 Å². The molecule has 0 aromatic heterocycles. The first-order chi connectivity index (χ1) is 13.1. The molecule has 0 saturated carbocycles. The fraction of sp³-hybridized carbons (Fsp3) is 0.480. The molecule has 3 nitrogen and oxygen atoms in total. The molecule has 0 heterocycles. The number of para-hydroxylation sites is 1. The van der Waals surface area contributed by atoms with Gasteiger partial charge in [-0.15, -0.1) is 0 Å². The molecule has 1 aliphatic carbocycles. The first-order valence-corrected chi connectivity index (χ1v) is 10.4. The smallest absolute Gasteiger partial charge is 0.308 e. The zero-order valence-corrected chi connectivity index (χ0v) is 18.2. The molecule has 0 bridgehead atoms. The SMILES string of the molecule is CC(C)CN(C(=O)Nc1ccccc1)c1ccc2c(c1)C(C)(C)CCC2(C)C. The van der Waals surface area contributed by atoms with E-state index in [9.17, 15) is 4.79 Å². The first-order valence-electron chi connectivity index (χ1n) is 10.4. The maximum Gasteiger partial charge on any atom is 0.326 e. The summed E-state index contributed by atoms with van der Waals surface area (Å²) < 4.78 is 0. The van der Waals surface area contributed by atoms with Crippen LogP contribution in [0.1, 0.15) is 65.5 Å². The molecule has 0 saturated heterocycles. The molecule has 1 aliphatic rings. The molecule has 0 unspecified atom stereocenters. The van der Waals surface area contributed by atoms with E-state index in [1.165, 1.54) is 17.5 Å². The number of carbonyl (C=O) groups excluding carboxylic acids is 1. The summed E-state index contributed by atoms with van der Waals surface area (Å²) in [7, 11) is 0. The molecule has 0 radical (unpaired) electrons. The average Bonchev–Trinajstić information content (AvgIpc) is 2.64. The molecule has 0 fully saturated rings. The normalized spacial score (nSPS) is 17.1. The Morgan fingerprint density at radius 2 is 1.57 bits per heavy atom. The van der Waals surface area contributed by atoms with Crippen molar-refractivity contribution in [2.24, 2.45) is 5.92 Å². The minimum Gasteiger partial charge on any atom is -0.308 e. The Morgan fingerprint density at radius 3 is 2.18 bits per heavy atom. The van der Waals surface area contributed by atoms with Gasteiger partial charge in [-0.1, -0.05) is 65.8 Å². The minimum atomic E-state index is -0.0762. The summed E-state index contributed by atoms with van der Waals surface area (Å²) in [6.07, 6.45) is 2.35. The summed E-state index contributed by atoms with van der Waals surface area (Å²) in [5.41, 5.74) is 4.90. The highest BCUT2D eigenvalue weighted by Crippen LogP contribution is 2.46. The van der Waals surface area contributed by atoms with E-state index in [4.69, 9.17) is 0 Å². The zero-order chi connectivity index (χ0) is 20.5. The van der Waals surface area contributed by atoms with Crippen molar-refractivity contribution < 1.29 is 4.79 Å². The van der Waals surface area contributed by atoms with Crippen molar-refractivity contribution in [3.05, 3.63) is 59.7 Å². The van der Waals surface area contributed by atoms with Crippen LogP contribution in [0.5, 0.6) is 0 Å². The Bertz CT molecular complexity index is 837. The molecule has 28 heavy (non-hydrogen) atoms. The number of anilines is 2. The van der Waals surface area contributed by atoms with Crippen molar-refractivity contribution in [3.8, 4) is 0 Å². The van der Waals surface area contributed by atoms with Crippen molar-refractivity contribution in [2.75, 3.05) is 16.8 Å². The van der Waals surface area contributed by atoms with Crippen molar-refractivity contribution in [1.82, 2.24) is 0 Å². The molecule has 1 N–H and O–H groups in total. The second-order valence-electron chi connectivity index (χ2n) is 9.80. The number of carbonyl (C=O) groups is 1. The summed E-state index contributed by atoms with van der Waals surface area (Å²) in [6, 6.07) is 16.2. The van der Waals surface area contributed by atoms with Gasteiger partial charge in [0, 0.05) is 17.9 Å². The minimum absolute atomic E-state index is 0.0762. The van der Waals surface area contributed by atoms with E-state index < -0.39 is 0 Å². The lowest BCUT2D eigenvalue weighted by Gasteiger charge is -2.42. The van der Waals surface area contributed by atoms with Gasteiger partial charge in [-0.2, -0.15) is 0 Å². The fourth-order valence-electron chi connectivity index (χ4n) is 4.13. The van der Waals surface area contributed by atoms with Gasteiger partial charge in [0.1, 0.15) is 0 Å². The number of fused-ring (bicyclic) bond motifs is 1. The van der Waals surface area contributed by atoms with Crippen LogP contribution in [0.25, 0.3) is 0 Å². The molecule has 2 aromatic carbocycles. The molecular weight excluding hydrogens is 344 g/mol. The number of nitrogens with one attached hydrogen (secondary N) is 1. The van der Waals surface area contributed by atoms with E-state index in [0.717, 1.165) is 17.8 Å². The Balaban J connectivity index is 1.98. The first kappa shape index (κ1) is 20.4. The third-order valence-electron chi connectivity index (χ3n) is 5.97. The monoisotopic (exact) mass is 378 g/mol.